The van der Waals surface area contributed by atoms with Gasteiger partial charge in [0.15, 0.2) is 6.61 Å². The van der Waals surface area contributed by atoms with E-state index in [-0.39, 0.29) is 25.7 Å². The molecule has 2 aliphatic heterocycles. The summed E-state index contributed by atoms with van der Waals surface area (Å²) in [6, 6.07) is 45.4. The lowest BCUT2D eigenvalue weighted by Crippen LogP contribution is -2.59. The molecule has 0 fully saturated rings. The molecule has 2 aliphatic rings. The van der Waals surface area contributed by atoms with E-state index in [9.17, 15) is 29.1 Å². The van der Waals surface area contributed by atoms with Crippen LogP contribution >= 0.6 is 0 Å². The highest BCUT2D eigenvalue weighted by atomic mass is 16.5. The molecule has 0 saturated carbocycles. The van der Waals surface area contributed by atoms with Crippen molar-refractivity contribution in [1.29, 1.82) is 0 Å². The molecule has 0 aliphatic carbocycles. The molecule has 0 aromatic heterocycles. The molecule has 4 unspecified atom stereocenters. The number of carboxylic acid groups (broad SMARTS) is 1. The van der Waals surface area contributed by atoms with E-state index in [2.05, 4.69) is 21.3 Å². The Hall–Kier alpha value is -7.73. The molecule has 0 spiro atoms. The largest absolute Gasteiger partial charge is 0.489 e. The lowest BCUT2D eigenvalue weighted by molar-refractivity contribution is -0.142. The van der Waals surface area contributed by atoms with Crippen molar-refractivity contribution in [2.24, 2.45) is 0 Å². The number of carbonyl (C=O) groups excluding carboxylic acids is 4. The van der Waals surface area contributed by atoms with Crippen molar-refractivity contribution in [1.82, 2.24) is 21.3 Å². The number of amides is 4. The summed E-state index contributed by atoms with van der Waals surface area (Å²) in [7, 11) is 0. The number of hydrogen-bond acceptors (Lipinski definition) is 7. The molecule has 2 bridgehead atoms. The number of benzene rings is 6. The number of carboxylic acids is 1. The van der Waals surface area contributed by atoms with Gasteiger partial charge in [-0.05, 0) is 76.1 Å². The molecule has 0 radical (unpaired) electrons. The van der Waals surface area contributed by atoms with E-state index in [1.54, 1.807) is 36.4 Å². The number of ether oxygens (including phenoxy) is 2. The smallest absolute Gasteiger partial charge is 0.326 e. The average Bonchev–Trinajstić information content (AvgIpc) is 3.32. The first-order valence-electron chi connectivity index (χ1n) is 21.2. The fourth-order valence-corrected chi connectivity index (χ4v) is 7.40. The number of fused-ring (bicyclic) bond motifs is 16. The van der Waals surface area contributed by atoms with Gasteiger partial charge in [-0.15, -0.1) is 0 Å². The maximum atomic E-state index is 14.5. The molecule has 6 aromatic rings. The van der Waals surface area contributed by atoms with Gasteiger partial charge in [-0.2, -0.15) is 0 Å². The van der Waals surface area contributed by atoms with Crippen LogP contribution < -0.4 is 30.7 Å². The van der Waals surface area contributed by atoms with Gasteiger partial charge in [0.2, 0.25) is 17.7 Å². The molecule has 4 atom stereocenters. The van der Waals surface area contributed by atoms with Crippen LogP contribution in [0.2, 0.25) is 0 Å². The van der Waals surface area contributed by atoms with Crippen LogP contribution in [-0.2, 0) is 56.3 Å². The number of rotatable bonds is 12. The molecule has 2 heterocycles. The third kappa shape index (κ3) is 12.9. The molecule has 12 heteroatoms. The van der Waals surface area contributed by atoms with Gasteiger partial charge >= 0.3 is 5.97 Å². The zero-order valence-electron chi connectivity index (χ0n) is 35.2. The van der Waals surface area contributed by atoms with Gasteiger partial charge in [0.1, 0.15) is 42.3 Å². The van der Waals surface area contributed by atoms with Crippen molar-refractivity contribution in [2.75, 3.05) is 6.61 Å². The predicted octanol–water partition coefficient (Wildman–Crippen LogP) is 6.01. The standard InChI is InChI=1S/C52H50N4O8/c57-48-34-64-43-27-20-38(21-28-43)32-47(52(61)62)56-49(58)44(29-22-35-10-4-1-5-11-35)54-51(60)46(31-36-16-23-41(24-17-36)40-14-8-3-9-15-40)55-50(59)45(53-48)30-37-18-25-42(26-19-37)63-33-39-12-6-2-7-13-39/h1-21,23-28,44-47H,22,29-34H2,(H,53,57)(H,54,60)(H,55,59)(H,56,58)(H,61,62). The Bertz CT molecular complexity index is 2480. The molecular formula is C52H50N4O8. The Morgan fingerprint density at radius 1 is 0.547 bits per heavy atom. The van der Waals surface area contributed by atoms with Crippen molar-refractivity contribution >= 4 is 29.6 Å². The van der Waals surface area contributed by atoms with Crippen LogP contribution in [0.15, 0.2) is 164 Å². The number of aliphatic carboxylic acids is 1. The molecule has 326 valence electrons. The van der Waals surface area contributed by atoms with Crippen molar-refractivity contribution < 1.29 is 38.6 Å². The number of hydrogen-bond donors (Lipinski definition) is 5. The minimum atomic E-state index is -1.33. The normalized spacial score (nSPS) is 18.4. The highest BCUT2D eigenvalue weighted by Gasteiger charge is 2.32. The van der Waals surface area contributed by atoms with Crippen LogP contribution in [0.3, 0.4) is 0 Å². The molecule has 0 saturated heterocycles. The second-order valence-electron chi connectivity index (χ2n) is 15.7. The highest BCUT2D eigenvalue weighted by Crippen LogP contribution is 2.21. The topological polar surface area (TPSA) is 172 Å². The van der Waals surface area contributed by atoms with Gasteiger partial charge in [-0.3, -0.25) is 19.2 Å². The van der Waals surface area contributed by atoms with Crippen LogP contribution in [0.4, 0.5) is 0 Å². The van der Waals surface area contributed by atoms with Crippen LogP contribution in [0.1, 0.15) is 34.2 Å². The van der Waals surface area contributed by atoms with Gasteiger partial charge in [0.25, 0.3) is 5.91 Å². The predicted molar refractivity (Wildman–Crippen MR) is 242 cm³/mol. The summed E-state index contributed by atoms with van der Waals surface area (Å²) >= 11 is 0. The summed E-state index contributed by atoms with van der Waals surface area (Å²) < 4.78 is 11.7. The summed E-state index contributed by atoms with van der Waals surface area (Å²) in [5.74, 6) is -2.86. The lowest BCUT2D eigenvalue weighted by atomic mass is 9.98. The molecule has 6 aromatic carbocycles. The van der Waals surface area contributed by atoms with Gasteiger partial charge in [-0.25, -0.2) is 4.79 Å². The highest BCUT2D eigenvalue weighted by molar-refractivity contribution is 5.95. The Labute approximate surface area is 372 Å². The molecule has 64 heavy (non-hydrogen) atoms. The number of aryl methyl sites for hydroxylation is 1. The van der Waals surface area contributed by atoms with Gasteiger partial charge in [-0.1, -0.05) is 140 Å². The number of carbonyl (C=O) groups is 5. The second-order valence-corrected chi connectivity index (χ2v) is 15.7. The molecule has 4 amide bonds. The SMILES string of the molecule is O=C1COc2ccc(cc2)CC(C(=O)O)NC(=O)C(CCc2ccccc2)NC(=O)C(Cc2ccc(-c3ccccc3)cc2)NC(=O)C(Cc2ccc(OCc3ccccc3)cc2)N1. The zero-order valence-corrected chi connectivity index (χ0v) is 35.2. The van der Waals surface area contributed by atoms with E-state index in [1.807, 2.05) is 127 Å². The first-order chi connectivity index (χ1) is 31.1. The minimum Gasteiger partial charge on any atom is -0.489 e. The van der Waals surface area contributed by atoms with Crippen molar-refractivity contribution in [3.63, 3.8) is 0 Å². The van der Waals surface area contributed by atoms with E-state index < -0.39 is 60.4 Å². The first kappa shape index (κ1) is 44.3. The molecule has 5 N–H and O–H groups in total. The van der Waals surface area contributed by atoms with Crippen LogP contribution in [-0.4, -0.2) is 65.5 Å². The maximum Gasteiger partial charge on any atom is 0.326 e. The van der Waals surface area contributed by atoms with Gasteiger partial charge in [0, 0.05) is 19.3 Å². The monoisotopic (exact) mass is 858 g/mol. The van der Waals surface area contributed by atoms with Crippen LogP contribution in [0.25, 0.3) is 11.1 Å². The van der Waals surface area contributed by atoms with Gasteiger partial charge < -0.3 is 35.8 Å². The third-order valence-corrected chi connectivity index (χ3v) is 10.9. The van der Waals surface area contributed by atoms with E-state index >= 15 is 0 Å². The fourth-order valence-electron chi connectivity index (χ4n) is 7.40. The minimum absolute atomic E-state index is 0.0304. The summed E-state index contributed by atoms with van der Waals surface area (Å²) in [5, 5.41) is 21.4. The van der Waals surface area contributed by atoms with E-state index in [4.69, 9.17) is 9.47 Å². The van der Waals surface area contributed by atoms with Crippen LogP contribution in [0.5, 0.6) is 11.5 Å². The Morgan fingerprint density at radius 2 is 1.06 bits per heavy atom. The summed E-state index contributed by atoms with van der Waals surface area (Å²) in [4.78, 5) is 69.1. The van der Waals surface area contributed by atoms with Crippen molar-refractivity contribution in [2.45, 2.75) is 62.9 Å². The van der Waals surface area contributed by atoms with Crippen molar-refractivity contribution in [3.8, 4) is 22.6 Å². The molecular weight excluding hydrogens is 809 g/mol. The molecule has 12 nitrogen and oxygen atoms in total. The maximum absolute atomic E-state index is 14.5. The lowest BCUT2D eigenvalue weighted by Gasteiger charge is -2.26. The molecule has 8 rings (SSSR count). The Balaban J connectivity index is 1.18. The average molecular weight is 859 g/mol. The van der Waals surface area contributed by atoms with Gasteiger partial charge in [0.05, 0.1) is 0 Å². The third-order valence-electron chi connectivity index (χ3n) is 10.9. The van der Waals surface area contributed by atoms with E-state index in [0.717, 1.165) is 27.8 Å². The quantitative estimate of drug-likeness (QED) is 0.0932. The summed E-state index contributed by atoms with van der Waals surface area (Å²) in [6.45, 7) is -0.0542. The summed E-state index contributed by atoms with van der Waals surface area (Å²) in [5.41, 5.74) is 5.92. The van der Waals surface area contributed by atoms with E-state index in [1.165, 1.54) is 0 Å². The Kier molecular flexibility index (Phi) is 15.1. The zero-order chi connectivity index (χ0) is 44.7. The van der Waals surface area contributed by atoms with Crippen molar-refractivity contribution in [3.05, 3.63) is 192 Å². The fraction of sp³-hybridized carbons (Fsp3) is 0.212. The second kappa shape index (κ2) is 21.9. The summed E-state index contributed by atoms with van der Waals surface area (Å²) in [6.07, 6.45) is 0.560. The van der Waals surface area contributed by atoms with Crippen LogP contribution in [0, 0.1) is 0 Å². The Morgan fingerprint density at radius 3 is 1.67 bits per heavy atom. The number of nitrogens with one attached hydrogen (secondary N) is 4. The van der Waals surface area contributed by atoms with E-state index in [0.29, 0.717) is 35.7 Å². The first-order valence-corrected chi connectivity index (χ1v) is 21.2.